The normalized spacial score (nSPS) is 11.6. The highest BCUT2D eigenvalue weighted by Gasteiger charge is 2.24. The minimum absolute atomic E-state index is 0.640. The second-order valence-electron chi connectivity index (χ2n) is 13.9. The van der Waals surface area contributed by atoms with Gasteiger partial charge in [0.2, 0.25) is 5.95 Å². The largest absolute Gasteiger partial charge is 0.356 e. The third-order valence-corrected chi connectivity index (χ3v) is 11.8. The van der Waals surface area contributed by atoms with E-state index in [0.29, 0.717) is 5.95 Å². The van der Waals surface area contributed by atoms with Crippen molar-refractivity contribution in [3.05, 3.63) is 188 Å². The van der Waals surface area contributed by atoms with E-state index in [1.807, 2.05) is 23.5 Å². The van der Waals surface area contributed by atoms with Crippen LogP contribution in [0, 0.1) is 0 Å². The van der Waals surface area contributed by atoms with Gasteiger partial charge in [-0.1, -0.05) is 146 Å². The fourth-order valence-corrected chi connectivity index (χ4v) is 9.30. The van der Waals surface area contributed by atoms with Crippen LogP contribution in [0.5, 0.6) is 0 Å². The number of anilines is 2. The summed E-state index contributed by atoms with van der Waals surface area (Å²) in [5.74, 6) is 0.640. The van der Waals surface area contributed by atoms with Gasteiger partial charge in [0.15, 0.2) is 0 Å². The molecule has 0 bridgehead atoms. The first-order valence-electron chi connectivity index (χ1n) is 18.5. The van der Waals surface area contributed by atoms with Gasteiger partial charge in [-0.05, 0) is 53.6 Å². The van der Waals surface area contributed by atoms with Crippen LogP contribution in [0.25, 0.3) is 92.3 Å². The van der Waals surface area contributed by atoms with Gasteiger partial charge in [0, 0.05) is 64.2 Å². The van der Waals surface area contributed by atoms with Crippen LogP contribution >= 0.6 is 11.3 Å². The van der Waals surface area contributed by atoms with Crippen molar-refractivity contribution >= 4 is 75.5 Å². The molecule has 11 aromatic rings. The molecule has 5 heteroatoms. The number of nitrogens with zero attached hydrogens (tertiary/aromatic N) is 3. The summed E-state index contributed by atoms with van der Waals surface area (Å²) in [7, 11) is 0. The first-order valence-corrected chi connectivity index (χ1v) is 19.3. The molecule has 55 heavy (non-hydrogen) atoms. The van der Waals surface area contributed by atoms with Crippen molar-refractivity contribution in [2.24, 2.45) is 0 Å². The van der Waals surface area contributed by atoms with E-state index in [1.54, 1.807) is 0 Å². The minimum Gasteiger partial charge on any atom is -0.356 e. The highest BCUT2D eigenvalue weighted by molar-refractivity contribution is 7.27. The predicted octanol–water partition coefficient (Wildman–Crippen LogP) is 13.8. The predicted molar refractivity (Wildman–Crippen MR) is 233 cm³/mol. The van der Waals surface area contributed by atoms with Crippen LogP contribution in [0.15, 0.2) is 188 Å². The molecule has 0 aliphatic carbocycles. The topological polar surface area (TPSA) is 42.7 Å². The molecule has 0 aliphatic rings. The Kier molecular flexibility index (Phi) is 7.32. The van der Waals surface area contributed by atoms with Crippen molar-refractivity contribution in [3.8, 4) is 39.6 Å². The molecular weight excluding hydrogens is 689 g/mol. The lowest BCUT2D eigenvalue weighted by molar-refractivity contribution is 0.998. The van der Waals surface area contributed by atoms with Crippen molar-refractivity contribution in [3.63, 3.8) is 0 Å². The van der Waals surface area contributed by atoms with Crippen molar-refractivity contribution in [1.29, 1.82) is 0 Å². The van der Waals surface area contributed by atoms with Crippen LogP contribution in [0.4, 0.5) is 11.4 Å². The lowest BCUT2D eigenvalue weighted by Gasteiger charge is -2.13. The third kappa shape index (κ3) is 5.28. The molecule has 0 aliphatic heterocycles. The molecule has 8 aromatic carbocycles. The lowest BCUT2D eigenvalue weighted by Crippen LogP contribution is -2.04. The molecule has 0 unspecified atom stereocenters. The average Bonchev–Trinajstić information content (AvgIpc) is 3.81. The van der Waals surface area contributed by atoms with E-state index >= 15 is 0 Å². The fraction of sp³-hybridized carbons (Fsp3) is 0. The van der Waals surface area contributed by atoms with Gasteiger partial charge in [-0.3, -0.25) is 4.57 Å². The van der Waals surface area contributed by atoms with E-state index in [9.17, 15) is 0 Å². The van der Waals surface area contributed by atoms with Crippen molar-refractivity contribution in [2.75, 3.05) is 5.32 Å². The zero-order valence-corrected chi connectivity index (χ0v) is 30.5. The summed E-state index contributed by atoms with van der Waals surface area (Å²) in [6.45, 7) is 0. The molecule has 4 nitrogen and oxygen atoms in total. The second kappa shape index (κ2) is 12.8. The smallest absolute Gasteiger partial charge is 0.235 e. The minimum atomic E-state index is 0.640. The van der Waals surface area contributed by atoms with Gasteiger partial charge in [-0.15, -0.1) is 11.3 Å². The Balaban J connectivity index is 1.21. The van der Waals surface area contributed by atoms with Gasteiger partial charge in [-0.25, -0.2) is 9.97 Å². The Morgan fingerprint density at radius 3 is 1.64 bits per heavy atom. The summed E-state index contributed by atoms with van der Waals surface area (Å²) in [6.07, 6.45) is 0. The van der Waals surface area contributed by atoms with Gasteiger partial charge >= 0.3 is 0 Å². The Bertz CT molecular complexity index is 3150. The van der Waals surface area contributed by atoms with Crippen LogP contribution < -0.4 is 5.32 Å². The van der Waals surface area contributed by atoms with E-state index in [1.165, 1.54) is 47.5 Å². The number of aromatic nitrogens is 3. The van der Waals surface area contributed by atoms with Gasteiger partial charge in [0.05, 0.1) is 22.4 Å². The summed E-state index contributed by atoms with van der Waals surface area (Å²) in [4.78, 5) is 10.7. The summed E-state index contributed by atoms with van der Waals surface area (Å²) >= 11 is 1.87. The van der Waals surface area contributed by atoms with Gasteiger partial charge in [0.1, 0.15) is 0 Å². The van der Waals surface area contributed by atoms with E-state index in [0.717, 1.165) is 50.3 Å². The Morgan fingerprint density at radius 1 is 0.418 bits per heavy atom. The van der Waals surface area contributed by atoms with Crippen LogP contribution in [0.2, 0.25) is 0 Å². The fourth-order valence-electron chi connectivity index (χ4n) is 8.05. The van der Waals surface area contributed by atoms with Crippen LogP contribution in [0.3, 0.4) is 0 Å². The van der Waals surface area contributed by atoms with E-state index < -0.39 is 0 Å². The first kappa shape index (κ1) is 31.4. The van der Waals surface area contributed by atoms with Crippen LogP contribution in [-0.2, 0) is 0 Å². The molecule has 0 atom stereocenters. The highest BCUT2D eigenvalue weighted by atomic mass is 32.1. The van der Waals surface area contributed by atoms with E-state index in [-0.39, 0.29) is 0 Å². The number of thiophene rings is 1. The third-order valence-electron chi connectivity index (χ3n) is 10.6. The molecule has 3 aromatic heterocycles. The van der Waals surface area contributed by atoms with Crippen LogP contribution in [-0.4, -0.2) is 14.5 Å². The number of rotatable bonds is 6. The zero-order valence-electron chi connectivity index (χ0n) is 29.6. The van der Waals surface area contributed by atoms with Gasteiger partial charge in [0.25, 0.3) is 0 Å². The highest BCUT2D eigenvalue weighted by Crippen LogP contribution is 2.48. The molecule has 1 N–H and O–H groups in total. The Morgan fingerprint density at radius 2 is 0.964 bits per heavy atom. The molecule has 258 valence electrons. The SMILES string of the molecule is c1ccc(-c2ccc(Nc3ccc4c(c3)c3c5c6ccccc6sc5c5ccccc5c3n4-c3nc(-c4ccccc4)cc(-c4ccccc4)n3)cc2)cc1. The van der Waals surface area contributed by atoms with E-state index in [2.05, 4.69) is 186 Å². The number of nitrogens with one attached hydrogen (secondary N) is 1. The molecule has 3 heterocycles. The summed E-state index contributed by atoms with van der Waals surface area (Å²) in [6, 6.07) is 66.4. The molecule has 0 saturated heterocycles. The maximum absolute atomic E-state index is 5.37. The molecule has 11 rings (SSSR count). The first-order chi connectivity index (χ1) is 27.3. The van der Waals surface area contributed by atoms with E-state index in [4.69, 9.17) is 9.97 Å². The standard InChI is InChI=1S/C50H32N4S/c1-4-14-32(15-5-1)33-24-26-36(27-25-33)51-37-28-29-44-41(30-37)46-47-40-22-12-13-23-45(40)55-49(47)39-21-11-10-20-38(39)48(46)54(44)50-52-42(34-16-6-2-7-17-34)31-43(53-50)35-18-8-3-9-19-35/h1-31,51H. The molecule has 0 amide bonds. The number of benzene rings is 8. The second-order valence-corrected chi connectivity index (χ2v) is 14.9. The maximum Gasteiger partial charge on any atom is 0.235 e. The average molecular weight is 721 g/mol. The van der Waals surface area contributed by atoms with Gasteiger partial charge < -0.3 is 5.32 Å². The summed E-state index contributed by atoms with van der Waals surface area (Å²) in [5.41, 5.74) is 10.5. The number of hydrogen-bond donors (Lipinski definition) is 1. The zero-order chi connectivity index (χ0) is 36.3. The van der Waals surface area contributed by atoms with Crippen LogP contribution in [0.1, 0.15) is 0 Å². The molecule has 0 spiro atoms. The monoisotopic (exact) mass is 720 g/mol. The van der Waals surface area contributed by atoms with Crippen molar-refractivity contribution in [2.45, 2.75) is 0 Å². The van der Waals surface area contributed by atoms with Crippen molar-refractivity contribution in [1.82, 2.24) is 14.5 Å². The lowest BCUT2D eigenvalue weighted by atomic mass is 9.99. The molecular formula is C50H32N4S. The van der Waals surface area contributed by atoms with Gasteiger partial charge in [-0.2, -0.15) is 0 Å². The van der Waals surface area contributed by atoms with Crippen molar-refractivity contribution < 1.29 is 0 Å². The summed E-state index contributed by atoms with van der Waals surface area (Å²) < 4.78 is 4.87. The molecule has 0 radical (unpaired) electrons. The molecule has 0 saturated carbocycles. The summed E-state index contributed by atoms with van der Waals surface area (Å²) in [5, 5.41) is 11.0. The number of fused-ring (bicyclic) bond motifs is 10. The molecule has 0 fully saturated rings. The Hall–Kier alpha value is -7.08. The quantitative estimate of drug-likeness (QED) is 0.186. The Labute approximate surface area is 321 Å². The number of hydrogen-bond acceptors (Lipinski definition) is 4. The maximum atomic E-state index is 5.37.